The fourth-order valence-corrected chi connectivity index (χ4v) is 2.31. The summed E-state index contributed by atoms with van der Waals surface area (Å²) in [6.07, 6.45) is 2.58. The van der Waals surface area contributed by atoms with Crippen LogP contribution in [-0.4, -0.2) is 56.2 Å². The lowest BCUT2D eigenvalue weighted by Gasteiger charge is -2.23. The number of rotatable bonds is 6. The van der Waals surface area contributed by atoms with Crippen molar-refractivity contribution in [3.8, 4) is 0 Å². The van der Waals surface area contributed by atoms with Crippen LogP contribution in [0.2, 0.25) is 0 Å². The van der Waals surface area contributed by atoms with Crippen LogP contribution in [0.25, 0.3) is 0 Å². The number of aliphatic hydroxyl groups excluding tert-OH is 2. The molecule has 0 fully saturated rings. The summed E-state index contributed by atoms with van der Waals surface area (Å²) < 4.78 is 23.1. The molecule has 0 unspecified atom stereocenters. The largest absolute Gasteiger partial charge is 0.395 e. The van der Waals surface area contributed by atoms with Crippen molar-refractivity contribution in [1.29, 1.82) is 0 Å². The Labute approximate surface area is 100 Å². The van der Waals surface area contributed by atoms with E-state index in [1.165, 1.54) is 23.2 Å². The minimum Gasteiger partial charge on any atom is -0.395 e. The highest BCUT2D eigenvalue weighted by Crippen LogP contribution is 2.21. The lowest BCUT2D eigenvalue weighted by Crippen LogP contribution is -2.31. The Hall–Kier alpha value is -1.18. The van der Waals surface area contributed by atoms with E-state index in [2.05, 4.69) is 4.98 Å². The van der Waals surface area contributed by atoms with Crippen LogP contribution in [0, 0.1) is 0 Å². The van der Waals surface area contributed by atoms with Gasteiger partial charge in [-0.15, -0.1) is 0 Å². The Balaban J connectivity index is 3.18. The minimum atomic E-state index is -3.38. The zero-order valence-corrected chi connectivity index (χ0v) is 10.4. The van der Waals surface area contributed by atoms with E-state index in [0.29, 0.717) is 0 Å². The van der Waals surface area contributed by atoms with Crippen LogP contribution in [0.4, 0.5) is 5.82 Å². The molecular formula is C10H16N2O4S. The number of anilines is 1. The number of aliphatic hydroxyl groups is 2. The summed E-state index contributed by atoms with van der Waals surface area (Å²) in [7, 11) is -3.38. The molecule has 1 aromatic rings. The van der Waals surface area contributed by atoms with Crippen LogP contribution in [-0.2, 0) is 9.84 Å². The number of pyridine rings is 1. The molecule has 0 saturated heterocycles. The molecule has 1 rings (SSSR count). The van der Waals surface area contributed by atoms with Crippen molar-refractivity contribution >= 4 is 15.7 Å². The van der Waals surface area contributed by atoms with E-state index in [9.17, 15) is 8.42 Å². The standard InChI is InChI=1S/C10H16N2O4S/c1-17(15,16)9-3-2-4-11-10(9)12(5-7-13)6-8-14/h2-4,13-14H,5-8H2,1H3. The maximum Gasteiger partial charge on any atom is 0.179 e. The highest BCUT2D eigenvalue weighted by Gasteiger charge is 2.18. The Morgan fingerprint density at radius 2 is 1.88 bits per heavy atom. The fraction of sp³-hybridized carbons (Fsp3) is 0.500. The third kappa shape index (κ3) is 3.65. The van der Waals surface area contributed by atoms with Gasteiger partial charge in [0.1, 0.15) is 10.7 Å². The molecule has 0 amide bonds. The molecule has 6 nitrogen and oxygen atoms in total. The molecule has 0 atom stereocenters. The van der Waals surface area contributed by atoms with Gasteiger partial charge in [0.05, 0.1) is 13.2 Å². The van der Waals surface area contributed by atoms with E-state index in [0.717, 1.165) is 6.26 Å². The molecule has 7 heteroatoms. The molecule has 17 heavy (non-hydrogen) atoms. The van der Waals surface area contributed by atoms with Crippen LogP contribution in [0.3, 0.4) is 0 Å². The molecule has 0 bridgehead atoms. The summed E-state index contributed by atoms with van der Waals surface area (Å²) in [5.74, 6) is 0.262. The van der Waals surface area contributed by atoms with Gasteiger partial charge in [-0.05, 0) is 12.1 Å². The molecule has 0 aliphatic heterocycles. The molecule has 2 N–H and O–H groups in total. The zero-order valence-electron chi connectivity index (χ0n) is 9.57. The highest BCUT2D eigenvalue weighted by molar-refractivity contribution is 7.90. The number of hydrogen-bond donors (Lipinski definition) is 2. The summed E-state index contributed by atoms with van der Waals surface area (Å²) in [5, 5.41) is 17.8. The molecule has 1 heterocycles. The normalized spacial score (nSPS) is 11.5. The SMILES string of the molecule is CS(=O)(=O)c1cccnc1N(CCO)CCO. The average Bonchev–Trinajstić information content (AvgIpc) is 2.28. The van der Waals surface area contributed by atoms with Crippen molar-refractivity contribution in [3.63, 3.8) is 0 Å². The zero-order chi connectivity index (χ0) is 12.9. The number of aromatic nitrogens is 1. The van der Waals surface area contributed by atoms with Crippen LogP contribution in [0.15, 0.2) is 23.2 Å². The lowest BCUT2D eigenvalue weighted by molar-refractivity contribution is 0.280. The van der Waals surface area contributed by atoms with E-state index in [4.69, 9.17) is 10.2 Å². The van der Waals surface area contributed by atoms with Crippen molar-refractivity contribution < 1.29 is 18.6 Å². The van der Waals surface area contributed by atoms with E-state index in [-0.39, 0.29) is 37.0 Å². The molecule has 0 aromatic carbocycles. The summed E-state index contributed by atoms with van der Waals surface area (Å²) in [5.41, 5.74) is 0. The van der Waals surface area contributed by atoms with Gasteiger partial charge in [0.25, 0.3) is 0 Å². The van der Waals surface area contributed by atoms with Crippen LogP contribution in [0.1, 0.15) is 0 Å². The van der Waals surface area contributed by atoms with Gasteiger partial charge in [0, 0.05) is 25.5 Å². The predicted molar refractivity (Wildman–Crippen MR) is 63.7 cm³/mol. The lowest BCUT2D eigenvalue weighted by atomic mass is 10.4. The Kier molecular flexibility index (Phi) is 4.86. The quantitative estimate of drug-likeness (QED) is 0.701. The maximum atomic E-state index is 11.6. The molecule has 0 spiro atoms. The molecular weight excluding hydrogens is 244 g/mol. The predicted octanol–water partition coefficient (Wildman–Crippen LogP) is -0.724. The molecule has 0 aliphatic rings. The molecule has 0 saturated carbocycles. The van der Waals surface area contributed by atoms with Gasteiger partial charge < -0.3 is 15.1 Å². The van der Waals surface area contributed by atoms with Gasteiger partial charge in [-0.2, -0.15) is 0 Å². The average molecular weight is 260 g/mol. The van der Waals surface area contributed by atoms with Gasteiger partial charge in [-0.1, -0.05) is 0 Å². The van der Waals surface area contributed by atoms with Gasteiger partial charge in [0.15, 0.2) is 9.84 Å². The smallest absolute Gasteiger partial charge is 0.179 e. The van der Waals surface area contributed by atoms with Crippen LogP contribution in [0.5, 0.6) is 0 Å². The maximum absolute atomic E-state index is 11.6. The van der Waals surface area contributed by atoms with Crippen molar-refractivity contribution in [3.05, 3.63) is 18.3 Å². The minimum absolute atomic E-state index is 0.0990. The van der Waals surface area contributed by atoms with Crippen LogP contribution >= 0.6 is 0 Å². The second-order valence-corrected chi connectivity index (χ2v) is 5.52. The summed E-state index contributed by atoms with van der Waals surface area (Å²) in [6.45, 7) is 0.166. The second-order valence-electron chi connectivity index (χ2n) is 3.53. The summed E-state index contributed by atoms with van der Waals surface area (Å²) in [6, 6.07) is 3.00. The highest BCUT2D eigenvalue weighted by atomic mass is 32.2. The molecule has 1 aromatic heterocycles. The first kappa shape index (κ1) is 13.9. The summed E-state index contributed by atoms with van der Waals surface area (Å²) >= 11 is 0. The van der Waals surface area contributed by atoms with Crippen molar-refractivity contribution in [2.24, 2.45) is 0 Å². The molecule has 0 radical (unpaired) electrons. The van der Waals surface area contributed by atoms with Gasteiger partial charge in [-0.3, -0.25) is 0 Å². The Bertz CT molecular complexity index is 455. The second kappa shape index (κ2) is 5.95. The Morgan fingerprint density at radius 3 is 2.35 bits per heavy atom. The number of nitrogens with zero attached hydrogens (tertiary/aromatic N) is 2. The topological polar surface area (TPSA) is 90.7 Å². The first-order chi connectivity index (χ1) is 8.00. The summed E-state index contributed by atoms with van der Waals surface area (Å²) in [4.78, 5) is 5.64. The monoisotopic (exact) mass is 260 g/mol. The number of hydrogen-bond acceptors (Lipinski definition) is 6. The molecule has 96 valence electrons. The first-order valence-corrected chi connectivity index (χ1v) is 7.01. The van der Waals surface area contributed by atoms with Crippen LogP contribution < -0.4 is 4.90 Å². The molecule has 0 aliphatic carbocycles. The van der Waals surface area contributed by atoms with E-state index in [1.54, 1.807) is 0 Å². The number of sulfone groups is 1. The van der Waals surface area contributed by atoms with Gasteiger partial charge in [-0.25, -0.2) is 13.4 Å². The third-order valence-corrected chi connectivity index (χ3v) is 3.31. The fourth-order valence-electron chi connectivity index (χ4n) is 1.47. The van der Waals surface area contributed by atoms with E-state index >= 15 is 0 Å². The third-order valence-electron chi connectivity index (χ3n) is 2.19. The van der Waals surface area contributed by atoms with Crippen molar-refractivity contribution in [2.75, 3.05) is 37.5 Å². The van der Waals surface area contributed by atoms with Gasteiger partial charge >= 0.3 is 0 Å². The van der Waals surface area contributed by atoms with Gasteiger partial charge in [0.2, 0.25) is 0 Å². The first-order valence-electron chi connectivity index (χ1n) is 5.12. The van der Waals surface area contributed by atoms with E-state index in [1.807, 2.05) is 0 Å². The Morgan fingerprint density at radius 1 is 1.29 bits per heavy atom. The van der Waals surface area contributed by atoms with Crippen molar-refractivity contribution in [1.82, 2.24) is 4.98 Å². The van der Waals surface area contributed by atoms with E-state index < -0.39 is 9.84 Å². The van der Waals surface area contributed by atoms with Crippen molar-refractivity contribution in [2.45, 2.75) is 4.90 Å².